The first kappa shape index (κ1) is 6.93. The van der Waals surface area contributed by atoms with Crippen LogP contribution in [0.1, 0.15) is 13.3 Å². The lowest BCUT2D eigenvalue weighted by atomic mass is 10.3. The smallest absolute Gasteiger partial charge is 0.172 e. The average Bonchev–Trinajstić information content (AvgIpc) is 2.37. The Hall–Kier alpha value is -0.180. The van der Waals surface area contributed by atoms with Crippen LogP contribution in [0.15, 0.2) is 0 Å². The minimum Gasteiger partial charge on any atom is -0.624 e. The highest BCUT2D eigenvalue weighted by Crippen LogP contribution is 2.18. The molecule has 0 aromatic heterocycles. The molecule has 0 aromatic carbocycles. The minimum absolute atomic E-state index is 0.264. The molecule has 0 N–H and O–H groups in total. The summed E-state index contributed by atoms with van der Waals surface area (Å²) in [5.41, 5.74) is 0. The Labute approximate surface area is 59.5 Å². The molecule has 0 bridgehead atoms. The van der Waals surface area contributed by atoms with E-state index in [4.69, 9.17) is 0 Å². The molecule has 0 amide bonds. The van der Waals surface area contributed by atoms with Gasteiger partial charge in [-0.25, -0.2) is 4.74 Å². The molecule has 2 nitrogen and oxygen atoms in total. The number of hydrogen-bond acceptors (Lipinski definition) is 2. The van der Waals surface area contributed by atoms with Gasteiger partial charge in [0.1, 0.15) is 6.21 Å². The molecule has 1 saturated heterocycles. The third-order valence-electron chi connectivity index (χ3n) is 1.52. The fourth-order valence-electron chi connectivity index (χ4n) is 0.934. The predicted molar refractivity (Wildman–Crippen MR) is 41.1 cm³/mol. The van der Waals surface area contributed by atoms with Gasteiger partial charge in [0.25, 0.3) is 0 Å². The molecule has 1 aliphatic rings. The summed E-state index contributed by atoms with van der Waals surface area (Å²) in [6.07, 6.45) is 2.66. The predicted octanol–water partition coefficient (Wildman–Crippen LogP) is 1.09. The Bertz CT molecular complexity index is 118. The van der Waals surface area contributed by atoms with Gasteiger partial charge in [-0.1, -0.05) is 0 Å². The van der Waals surface area contributed by atoms with Gasteiger partial charge >= 0.3 is 0 Å². The lowest BCUT2D eigenvalue weighted by Gasteiger charge is -2.08. The summed E-state index contributed by atoms with van der Waals surface area (Å²) in [7, 11) is 0. The van der Waals surface area contributed by atoms with Crippen molar-refractivity contribution in [1.29, 1.82) is 0 Å². The Balaban J connectivity index is 2.42. The molecule has 0 radical (unpaired) electrons. The topological polar surface area (TPSA) is 26.1 Å². The fourth-order valence-corrected chi connectivity index (χ4v) is 2.12. The van der Waals surface area contributed by atoms with Crippen LogP contribution in [-0.2, 0) is 0 Å². The maximum absolute atomic E-state index is 10.9. The zero-order valence-corrected chi connectivity index (χ0v) is 6.36. The molecule has 52 valence electrons. The van der Waals surface area contributed by atoms with Gasteiger partial charge in [-0.15, -0.1) is 0 Å². The van der Waals surface area contributed by atoms with E-state index in [2.05, 4.69) is 0 Å². The molecular weight excluding hydrogens is 134 g/mol. The summed E-state index contributed by atoms with van der Waals surface area (Å²) in [4.78, 5) is 0. The highest BCUT2D eigenvalue weighted by molar-refractivity contribution is 7.99. The quantitative estimate of drug-likeness (QED) is 0.239. The van der Waals surface area contributed by atoms with Crippen molar-refractivity contribution in [3.63, 3.8) is 0 Å². The minimum atomic E-state index is 0.264. The molecule has 3 heteroatoms. The van der Waals surface area contributed by atoms with Crippen LogP contribution in [0, 0.1) is 5.21 Å². The maximum atomic E-state index is 10.9. The number of rotatable bonds is 1. The largest absolute Gasteiger partial charge is 0.624 e. The lowest BCUT2D eigenvalue weighted by Crippen LogP contribution is -2.20. The summed E-state index contributed by atoms with van der Waals surface area (Å²) in [6, 6.07) is 0.264. The first-order valence-electron chi connectivity index (χ1n) is 3.17. The Kier molecular flexibility index (Phi) is 2.39. The van der Waals surface area contributed by atoms with Gasteiger partial charge in [0.2, 0.25) is 0 Å². The molecule has 1 fully saturated rings. The van der Waals surface area contributed by atoms with E-state index in [0.29, 0.717) is 0 Å². The summed E-state index contributed by atoms with van der Waals surface area (Å²) in [6.45, 7) is 1.79. The van der Waals surface area contributed by atoms with Crippen molar-refractivity contribution in [2.75, 3.05) is 11.5 Å². The summed E-state index contributed by atoms with van der Waals surface area (Å²) < 4.78 is 1.07. The maximum Gasteiger partial charge on any atom is 0.172 e. The molecule has 1 rings (SSSR count). The number of hydrogen-bond donors (Lipinski definition) is 0. The van der Waals surface area contributed by atoms with Crippen LogP contribution in [0.25, 0.3) is 0 Å². The van der Waals surface area contributed by atoms with Gasteiger partial charge < -0.3 is 5.21 Å². The summed E-state index contributed by atoms with van der Waals surface area (Å²) in [5.74, 6) is 2.16. The second-order valence-electron chi connectivity index (χ2n) is 2.14. The zero-order valence-electron chi connectivity index (χ0n) is 5.54. The van der Waals surface area contributed by atoms with Crippen LogP contribution in [0.5, 0.6) is 0 Å². The molecule has 0 spiro atoms. The van der Waals surface area contributed by atoms with E-state index in [9.17, 15) is 5.21 Å². The highest BCUT2D eigenvalue weighted by Gasteiger charge is 2.20. The van der Waals surface area contributed by atoms with E-state index in [1.807, 2.05) is 11.8 Å². The number of nitrogens with zero attached hydrogens (tertiary/aromatic N) is 1. The monoisotopic (exact) mass is 145 g/mol. The normalized spacial score (nSPS) is 29.0. The van der Waals surface area contributed by atoms with E-state index < -0.39 is 0 Å². The van der Waals surface area contributed by atoms with Crippen LogP contribution in [0.4, 0.5) is 0 Å². The van der Waals surface area contributed by atoms with E-state index in [1.165, 1.54) is 0 Å². The van der Waals surface area contributed by atoms with Crippen LogP contribution in [-0.4, -0.2) is 28.5 Å². The van der Waals surface area contributed by atoms with Crippen molar-refractivity contribution in [2.45, 2.75) is 19.4 Å². The molecule has 1 atom stereocenters. The second-order valence-corrected chi connectivity index (χ2v) is 3.29. The van der Waals surface area contributed by atoms with E-state index in [1.54, 1.807) is 13.1 Å². The first-order valence-corrected chi connectivity index (χ1v) is 4.32. The van der Waals surface area contributed by atoms with Crippen LogP contribution in [0.2, 0.25) is 0 Å². The van der Waals surface area contributed by atoms with Crippen molar-refractivity contribution in [2.24, 2.45) is 0 Å². The Morgan fingerprint density at radius 2 is 2.56 bits per heavy atom. The summed E-state index contributed by atoms with van der Waals surface area (Å²) >= 11 is 1.86. The molecule has 0 aliphatic carbocycles. The molecule has 9 heavy (non-hydrogen) atoms. The SMILES string of the molecule is C/C=[N+](/[O-])C1CCSC1. The lowest BCUT2D eigenvalue weighted by molar-refractivity contribution is -0.490. The first-order chi connectivity index (χ1) is 4.34. The van der Waals surface area contributed by atoms with Crippen molar-refractivity contribution >= 4 is 18.0 Å². The van der Waals surface area contributed by atoms with Crippen molar-refractivity contribution in [3.8, 4) is 0 Å². The van der Waals surface area contributed by atoms with Crippen LogP contribution < -0.4 is 0 Å². The van der Waals surface area contributed by atoms with Gasteiger partial charge in [-0.2, -0.15) is 11.8 Å². The standard InChI is InChI=1S/C6H11NOS/c1-2-7(8)6-3-4-9-5-6/h2,6H,3-5H2,1H3/b7-2+. The third kappa shape index (κ3) is 1.61. The fraction of sp³-hybridized carbons (Fsp3) is 0.833. The van der Waals surface area contributed by atoms with Crippen LogP contribution >= 0.6 is 11.8 Å². The highest BCUT2D eigenvalue weighted by atomic mass is 32.2. The molecule has 0 aromatic rings. The molecule has 0 saturated carbocycles. The van der Waals surface area contributed by atoms with Gasteiger partial charge in [0, 0.05) is 13.3 Å². The van der Waals surface area contributed by atoms with Gasteiger partial charge in [-0.3, -0.25) is 0 Å². The number of thioether (sulfide) groups is 1. The second kappa shape index (κ2) is 3.11. The Morgan fingerprint density at radius 3 is 3.00 bits per heavy atom. The molecular formula is C6H11NOS. The molecule has 1 heterocycles. The van der Waals surface area contributed by atoms with E-state index in [-0.39, 0.29) is 6.04 Å². The molecule has 1 aliphatic heterocycles. The Morgan fingerprint density at radius 1 is 1.78 bits per heavy atom. The third-order valence-corrected chi connectivity index (χ3v) is 2.66. The van der Waals surface area contributed by atoms with Crippen molar-refractivity contribution < 1.29 is 4.74 Å². The van der Waals surface area contributed by atoms with Crippen molar-refractivity contribution in [1.82, 2.24) is 0 Å². The van der Waals surface area contributed by atoms with E-state index >= 15 is 0 Å². The van der Waals surface area contributed by atoms with Gasteiger partial charge in [0.05, 0.1) is 5.75 Å². The van der Waals surface area contributed by atoms with Crippen molar-refractivity contribution in [3.05, 3.63) is 5.21 Å². The average molecular weight is 145 g/mol. The number of hydroxylamine groups is 1. The van der Waals surface area contributed by atoms with E-state index in [0.717, 1.165) is 22.7 Å². The summed E-state index contributed by atoms with van der Waals surface area (Å²) in [5, 5.41) is 10.9. The van der Waals surface area contributed by atoms with Gasteiger partial charge in [-0.05, 0) is 5.75 Å². The van der Waals surface area contributed by atoms with Crippen LogP contribution in [0.3, 0.4) is 0 Å². The molecule has 1 unspecified atom stereocenters. The zero-order chi connectivity index (χ0) is 6.69. The van der Waals surface area contributed by atoms with Gasteiger partial charge in [0.15, 0.2) is 6.04 Å².